The molecule has 0 spiro atoms. The highest BCUT2D eigenvalue weighted by molar-refractivity contribution is 6.20. The lowest BCUT2D eigenvalue weighted by Crippen LogP contribution is -2.13. The van der Waals surface area contributed by atoms with Crippen molar-refractivity contribution in [2.45, 2.75) is 32.2 Å². The van der Waals surface area contributed by atoms with Crippen LogP contribution in [-0.2, 0) is 11.3 Å². The maximum atomic E-state index is 6.34. The zero-order valence-corrected chi connectivity index (χ0v) is 13.3. The second-order valence-corrected chi connectivity index (χ2v) is 6.14. The van der Waals surface area contributed by atoms with Gasteiger partial charge in [0.1, 0.15) is 17.1 Å². The Hall–Kier alpha value is -1.26. The summed E-state index contributed by atoms with van der Waals surface area (Å²) in [7, 11) is 0. The number of halogens is 1. The molecule has 1 aliphatic heterocycles. The third-order valence-corrected chi connectivity index (χ3v) is 4.09. The average Bonchev–Trinajstić information content (AvgIpc) is 3.09. The molecule has 1 aliphatic rings. The molecular formula is C16H21ClN2O2. The average molecular weight is 309 g/mol. The summed E-state index contributed by atoms with van der Waals surface area (Å²) in [6.07, 6.45) is 1.10. The second kappa shape index (κ2) is 6.24. The Balaban J connectivity index is 2.06. The molecule has 0 radical (unpaired) electrons. The van der Waals surface area contributed by atoms with E-state index < -0.39 is 0 Å². The quantitative estimate of drug-likeness (QED) is 0.789. The molecule has 21 heavy (non-hydrogen) atoms. The highest BCUT2D eigenvalue weighted by Gasteiger charge is 2.22. The van der Waals surface area contributed by atoms with Crippen molar-refractivity contribution in [3.63, 3.8) is 0 Å². The zero-order chi connectivity index (χ0) is 14.8. The number of alkyl halides is 1. The summed E-state index contributed by atoms with van der Waals surface area (Å²) in [5.74, 6) is 2.27. The van der Waals surface area contributed by atoms with Crippen molar-refractivity contribution >= 4 is 22.6 Å². The van der Waals surface area contributed by atoms with Crippen molar-refractivity contribution in [2.24, 2.45) is 5.92 Å². The Morgan fingerprint density at radius 3 is 3.05 bits per heavy atom. The summed E-state index contributed by atoms with van der Waals surface area (Å²) in [6.45, 7) is 7.16. The van der Waals surface area contributed by atoms with Crippen LogP contribution in [0.5, 0.6) is 5.75 Å². The highest BCUT2D eigenvalue weighted by atomic mass is 35.5. The van der Waals surface area contributed by atoms with Gasteiger partial charge in [0.2, 0.25) is 0 Å². The molecule has 0 aliphatic carbocycles. The normalized spacial score (nSPS) is 20.0. The van der Waals surface area contributed by atoms with Crippen LogP contribution in [0, 0.1) is 5.92 Å². The fraction of sp³-hybridized carbons (Fsp3) is 0.562. The van der Waals surface area contributed by atoms with Crippen LogP contribution in [0.3, 0.4) is 0 Å². The van der Waals surface area contributed by atoms with Gasteiger partial charge in [-0.25, -0.2) is 4.98 Å². The van der Waals surface area contributed by atoms with Crippen LogP contribution in [0.1, 0.15) is 31.5 Å². The van der Waals surface area contributed by atoms with Gasteiger partial charge in [0.25, 0.3) is 0 Å². The van der Waals surface area contributed by atoms with Crippen LogP contribution in [0.4, 0.5) is 0 Å². The number of imidazole rings is 1. The van der Waals surface area contributed by atoms with E-state index in [1.165, 1.54) is 0 Å². The van der Waals surface area contributed by atoms with Gasteiger partial charge in [-0.2, -0.15) is 0 Å². The molecule has 1 aromatic heterocycles. The van der Waals surface area contributed by atoms with Gasteiger partial charge in [0.15, 0.2) is 0 Å². The minimum absolute atomic E-state index is 0.130. The predicted molar refractivity (Wildman–Crippen MR) is 84.1 cm³/mol. The van der Waals surface area contributed by atoms with E-state index >= 15 is 0 Å². The Morgan fingerprint density at radius 2 is 2.38 bits per heavy atom. The van der Waals surface area contributed by atoms with Gasteiger partial charge in [-0.15, -0.1) is 11.6 Å². The summed E-state index contributed by atoms with van der Waals surface area (Å²) in [4.78, 5) is 4.74. The largest absolute Gasteiger partial charge is 0.492 e. The monoisotopic (exact) mass is 308 g/mol. The van der Waals surface area contributed by atoms with Gasteiger partial charge in [-0.3, -0.25) is 0 Å². The molecule has 2 atom stereocenters. The van der Waals surface area contributed by atoms with Gasteiger partial charge >= 0.3 is 0 Å². The molecule has 2 aromatic rings. The minimum Gasteiger partial charge on any atom is -0.492 e. The zero-order valence-electron chi connectivity index (χ0n) is 12.5. The maximum absolute atomic E-state index is 6.34. The van der Waals surface area contributed by atoms with Crippen LogP contribution in [0.15, 0.2) is 18.2 Å². The van der Waals surface area contributed by atoms with Crippen molar-refractivity contribution in [1.29, 1.82) is 0 Å². The van der Waals surface area contributed by atoms with E-state index in [-0.39, 0.29) is 5.38 Å². The topological polar surface area (TPSA) is 36.3 Å². The molecule has 2 unspecified atom stereocenters. The molecule has 4 nitrogen and oxygen atoms in total. The molecule has 0 saturated carbocycles. The third-order valence-electron chi connectivity index (χ3n) is 3.89. The molecule has 5 heteroatoms. The number of nitrogens with zero attached hydrogens (tertiary/aromatic N) is 2. The minimum atomic E-state index is -0.130. The van der Waals surface area contributed by atoms with E-state index in [2.05, 4.69) is 10.6 Å². The van der Waals surface area contributed by atoms with Gasteiger partial charge in [-0.05, 0) is 32.4 Å². The predicted octanol–water partition coefficient (Wildman–Crippen LogP) is 3.77. The van der Waals surface area contributed by atoms with Gasteiger partial charge in [0, 0.05) is 19.1 Å². The smallest absolute Gasteiger partial charge is 0.147 e. The van der Waals surface area contributed by atoms with E-state index in [1.54, 1.807) is 0 Å². The first-order valence-electron chi connectivity index (χ1n) is 7.54. The third kappa shape index (κ3) is 2.87. The first-order chi connectivity index (χ1) is 10.2. The number of hydrogen-bond donors (Lipinski definition) is 0. The molecule has 1 aromatic carbocycles. The van der Waals surface area contributed by atoms with Crippen molar-refractivity contribution in [1.82, 2.24) is 9.55 Å². The van der Waals surface area contributed by atoms with Crippen molar-refractivity contribution in [2.75, 3.05) is 19.8 Å². The molecule has 2 heterocycles. The molecular weight excluding hydrogens is 288 g/mol. The molecule has 1 saturated heterocycles. The summed E-state index contributed by atoms with van der Waals surface area (Å²) < 4.78 is 13.4. The fourth-order valence-corrected chi connectivity index (χ4v) is 3.06. The van der Waals surface area contributed by atoms with Crippen LogP contribution in [-0.4, -0.2) is 29.4 Å². The highest BCUT2D eigenvalue weighted by Crippen LogP contribution is 2.31. The van der Waals surface area contributed by atoms with E-state index in [4.69, 9.17) is 26.1 Å². The Kier molecular flexibility index (Phi) is 4.36. The van der Waals surface area contributed by atoms with Crippen molar-refractivity contribution in [3.05, 3.63) is 24.0 Å². The van der Waals surface area contributed by atoms with Gasteiger partial charge in [-0.1, -0.05) is 6.07 Å². The van der Waals surface area contributed by atoms with E-state index in [9.17, 15) is 0 Å². The number of fused-ring (bicyclic) bond motifs is 1. The molecule has 114 valence electrons. The summed E-state index contributed by atoms with van der Waals surface area (Å²) in [6, 6.07) is 6.06. The number of aromatic nitrogens is 2. The molecule has 3 rings (SSSR count). The fourth-order valence-electron chi connectivity index (χ4n) is 2.89. The molecule has 0 bridgehead atoms. The first-order valence-corrected chi connectivity index (χ1v) is 7.98. The van der Waals surface area contributed by atoms with Crippen molar-refractivity contribution in [3.8, 4) is 5.75 Å². The Bertz CT molecular complexity index is 618. The van der Waals surface area contributed by atoms with Crippen molar-refractivity contribution < 1.29 is 9.47 Å². The SMILES string of the molecule is CCOc1cccc2c1nc(C(C)Cl)n2CC1CCOC1. The maximum Gasteiger partial charge on any atom is 0.147 e. The summed E-state index contributed by atoms with van der Waals surface area (Å²) >= 11 is 6.34. The Labute approximate surface area is 130 Å². The Morgan fingerprint density at radius 1 is 1.52 bits per heavy atom. The summed E-state index contributed by atoms with van der Waals surface area (Å²) in [5.41, 5.74) is 2.00. The first kappa shape index (κ1) is 14.7. The molecule has 0 N–H and O–H groups in total. The number of hydrogen-bond acceptors (Lipinski definition) is 3. The number of ether oxygens (including phenoxy) is 2. The standard InChI is InChI=1S/C16H21ClN2O2/c1-3-21-14-6-4-5-13-15(14)18-16(11(2)17)19(13)9-12-7-8-20-10-12/h4-6,11-12H,3,7-10H2,1-2H3. The van der Waals surface area contributed by atoms with E-state index in [0.29, 0.717) is 12.5 Å². The summed E-state index contributed by atoms with van der Waals surface area (Å²) in [5, 5.41) is -0.130. The lowest BCUT2D eigenvalue weighted by Gasteiger charge is -2.14. The number of para-hydroxylation sites is 1. The molecule has 0 amide bonds. The van der Waals surface area contributed by atoms with Crippen LogP contribution in [0.2, 0.25) is 0 Å². The second-order valence-electron chi connectivity index (χ2n) is 5.48. The number of rotatable bonds is 5. The van der Waals surface area contributed by atoms with Crippen LogP contribution >= 0.6 is 11.6 Å². The van der Waals surface area contributed by atoms with E-state index in [1.807, 2.05) is 26.0 Å². The number of benzene rings is 1. The van der Waals surface area contributed by atoms with Gasteiger partial charge < -0.3 is 14.0 Å². The van der Waals surface area contributed by atoms with E-state index in [0.717, 1.165) is 48.8 Å². The molecule has 1 fully saturated rings. The lowest BCUT2D eigenvalue weighted by atomic mass is 10.1. The van der Waals surface area contributed by atoms with Gasteiger partial charge in [0.05, 0.1) is 24.1 Å². The lowest BCUT2D eigenvalue weighted by molar-refractivity contribution is 0.182. The van der Waals surface area contributed by atoms with Crippen LogP contribution in [0.25, 0.3) is 11.0 Å². The van der Waals surface area contributed by atoms with Crippen LogP contribution < -0.4 is 4.74 Å².